The molecule has 8 nitrogen and oxygen atoms in total. The summed E-state index contributed by atoms with van der Waals surface area (Å²) in [6.07, 6.45) is 1.86. The first kappa shape index (κ1) is 19.5. The van der Waals surface area contributed by atoms with Crippen molar-refractivity contribution in [3.63, 3.8) is 0 Å². The van der Waals surface area contributed by atoms with Crippen LogP contribution in [-0.2, 0) is 14.8 Å². The molecule has 0 spiro atoms. The Hall–Kier alpha value is -1.24. The van der Waals surface area contributed by atoms with E-state index in [0.717, 1.165) is 0 Å². The van der Waals surface area contributed by atoms with E-state index in [1.807, 2.05) is 6.26 Å². The quantitative estimate of drug-likeness (QED) is 0.568. The zero-order valence-corrected chi connectivity index (χ0v) is 16.8. The molecule has 0 radical (unpaired) electrons. The first-order valence-corrected chi connectivity index (χ1v) is 11.3. The molecule has 140 valence electrons. The first-order chi connectivity index (χ1) is 12.4. The highest BCUT2D eigenvalue weighted by Crippen LogP contribution is 2.28. The van der Waals surface area contributed by atoms with Gasteiger partial charge in [-0.25, -0.2) is 8.42 Å². The van der Waals surface area contributed by atoms with Gasteiger partial charge >= 0.3 is 0 Å². The number of sulfonamides is 1. The van der Waals surface area contributed by atoms with Crippen molar-refractivity contribution in [2.24, 2.45) is 0 Å². The molecule has 0 atom stereocenters. The lowest BCUT2D eigenvalue weighted by atomic mass is 10.2. The zero-order valence-electron chi connectivity index (χ0n) is 13.6. The molecule has 1 aliphatic rings. The molecule has 0 bridgehead atoms. The Morgan fingerprint density at radius 3 is 2.73 bits per heavy atom. The second-order valence-corrected chi connectivity index (χ2v) is 9.54. The highest BCUT2D eigenvalue weighted by molar-refractivity contribution is 8.00. The van der Waals surface area contributed by atoms with Crippen molar-refractivity contribution in [2.75, 3.05) is 37.9 Å². The van der Waals surface area contributed by atoms with Gasteiger partial charge in [0.25, 0.3) is 5.91 Å². The standard InChI is InChI=1S/C14H15ClN4O4S3/c1-24-14-18-17-13(25-14)16-12(20)9-2-3-10(15)11(8-9)26(21,22)19-4-6-23-7-5-19/h2-3,8H,4-7H2,1H3,(H,16,17,20). The van der Waals surface area contributed by atoms with E-state index in [9.17, 15) is 13.2 Å². The van der Waals surface area contributed by atoms with Crippen molar-refractivity contribution >= 4 is 55.8 Å². The summed E-state index contributed by atoms with van der Waals surface area (Å²) in [5.74, 6) is -0.483. The number of anilines is 1. The van der Waals surface area contributed by atoms with Gasteiger partial charge in [0.15, 0.2) is 4.34 Å². The maximum atomic E-state index is 12.8. The number of ether oxygens (including phenoxy) is 1. The van der Waals surface area contributed by atoms with Crippen molar-refractivity contribution in [3.8, 4) is 0 Å². The smallest absolute Gasteiger partial charge is 0.257 e. The van der Waals surface area contributed by atoms with Crippen LogP contribution in [0.1, 0.15) is 10.4 Å². The van der Waals surface area contributed by atoms with E-state index in [-0.39, 0.29) is 28.6 Å². The molecule has 12 heteroatoms. The number of nitrogens with zero attached hydrogens (tertiary/aromatic N) is 3. The van der Waals surface area contributed by atoms with Crippen LogP contribution in [0.3, 0.4) is 0 Å². The van der Waals surface area contributed by atoms with Crippen LogP contribution in [0.15, 0.2) is 27.4 Å². The highest BCUT2D eigenvalue weighted by Gasteiger charge is 2.29. The fourth-order valence-electron chi connectivity index (χ4n) is 2.28. The molecule has 1 fully saturated rings. The number of halogens is 1. The number of aromatic nitrogens is 2. The van der Waals surface area contributed by atoms with E-state index in [4.69, 9.17) is 16.3 Å². The summed E-state index contributed by atoms with van der Waals surface area (Å²) in [6, 6.07) is 4.14. The van der Waals surface area contributed by atoms with Crippen molar-refractivity contribution in [3.05, 3.63) is 28.8 Å². The van der Waals surface area contributed by atoms with Crippen LogP contribution >= 0.6 is 34.7 Å². The van der Waals surface area contributed by atoms with Crippen molar-refractivity contribution in [1.82, 2.24) is 14.5 Å². The summed E-state index contributed by atoms with van der Waals surface area (Å²) in [7, 11) is -3.81. The van der Waals surface area contributed by atoms with Gasteiger partial charge < -0.3 is 4.74 Å². The summed E-state index contributed by atoms with van der Waals surface area (Å²) in [5.41, 5.74) is 0.169. The first-order valence-electron chi connectivity index (χ1n) is 7.48. The third kappa shape index (κ3) is 4.18. The monoisotopic (exact) mass is 434 g/mol. The Morgan fingerprint density at radius 2 is 2.08 bits per heavy atom. The van der Waals surface area contributed by atoms with Crippen molar-refractivity contribution < 1.29 is 17.9 Å². The van der Waals surface area contributed by atoms with Gasteiger partial charge in [-0.15, -0.1) is 10.2 Å². The maximum Gasteiger partial charge on any atom is 0.257 e. The van der Waals surface area contributed by atoms with Crippen LogP contribution in [0.25, 0.3) is 0 Å². The van der Waals surface area contributed by atoms with Crippen LogP contribution in [-0.4, -0.2) is 61.4 Å². The Morgan fingerprint density at radius 1 is 1.35 bits per heavy atom. The fraction of sp³-hybridized carbons (Fsp3) is 0.357. The maximum absolute atomic E-state index is 12.8. The SMILES string of the molecule is CSc1nnc(NC(=O)c2ccc(Cl)c(S(=O)(=O)N3CCOCC3)c2)s1. The lowest BCUT2D eigenvalue weighted by molar-refractivity contribution is 0.0730. The van der Waals surface area contributed by atoms with Gasteiger partial charge in [-0.3, -0.25) is 10.1 Å². The predicted molar refractivity (Wildman–Crippen MR) is 101 cm³/mol. The lowest BCUT2D eigenvalue weighted by Gasteiger charge is -2.26. The second-order valence-electron chi connectivity index (χ2n) is 5.19. The number of rotatable bonds is 5. The molecule has 1 saturated heterocycles. The fourth-order valence-corrected chi connectivity index (χ4v) is 5.35. The minimum Gasteiger partial charge on any atom is -0.379 e. The van der Waals surface area contributed by atoms with Crippen LogP contribution in [0.5, 0.6) is 0 Å². The molecule has 1 N–H and O–H groups in total. The topological polar surface area (TPSA) is 101 Å². The third-order valence-electron chi connectivity index (χ3n) is 3.58. The normalized spacial score (nSPS) is 15.8. The largest absolute Gasteiger partial charge is 0.379 e. The Labute approximate surface area is 163 Å². The Bertz CT molecular complexity index is 913. The Kier molecular flexibility index (Phi) is 6.15. The van der Waals surface area contributed by atoms with Crippen molar-refractivity contribution in [1.29, 1.82) is 0 Å². The molecular formula is C14H15ClN4O4S3. The number of hydrogen-bond acceptors (Lipinski definition) is 8. The number of hydrogen-bond donors (Lipinski definition) is 1. The average Bonchev–Trinajstić information content (AvgIpc) is 3.10. The summed E-state index contributed by atoms with van der Waals surface area (Å²) < 4.78 is 32.8. The molecule has 0 saturated carbocycles. The van der Waals surface area contributed by atoms with Crippen molar-refractivity contribution in [2.45, 2.75) is 9.24 Å². The summed E-state index contributed by atoms with van der Waals surface area (Å²) in [6.45, 7) is 1.15. The molecule has 1 aromatic carbocycles. The van der Waals surface area contributed by atoms with E-state index >= 15 is 0 Å². The van der Waals surface area contributed by atoms with Crippen LogP contribution in [0.4, 0.5) is 5.13 Å². The van der Waals surface area contributed by atoms with Gasteiger partial charge in [0, 0.05) is 18.7 Å². The van der Waals surface area contributed by atoms with Gasteiger partial charge in [-0.05, 0) is 24.5 Å². The number of nitrogens with one attached hydrogen (secondary N) is 1. The Balaban J connectivity index is 1.85. The molecule has 1 aliphatic heterocycles. The van der Waals surface area contributed by atoms with E-state index in [0.29, 0.717) is 22.7 Å². The van der Waals surface area contributed by atoms with Crippen LogP contribution in [0, 0.1) is 0 Å². The van der Waals surface area contributed by atoms with E-state index in [2.05, 4.69) is 15.5 Å². The van der Waals surface area contributed by atoms with E-state index in [1.165, 1.54) is 45.6 Å². The number of carbonyl (C=O) groups excluding carboxylic acids is 1. The van der Waals surface area contributed by atoms with E-state index in [1.54, 1.807) is 0 Å². The zero-order chi connectivity index (χ0) is 18.7. The average molecular weight is 435 g/mol. The molecule has 2 aromatic rings. The number of morpholine rings is 1. The minimum absolute atomic E-state index is 0.0635. The molecule has 0 aliphatic carbocycles. The molecule has 0 unspecified atom stereocenters. The number of benzene rings is 1. The summed E-state index contributed by atoms with van der Waals surface area (Å²) >= 11 is 8.75. The number of thioether (sulfide) groups is 1. The van der Waals surface area contributed by atoms with Gasteiger partial charge in [-0.1, -0.05) is 34.7 Å². The molecular weight excluding hydrogens is 420 g/mol. The molecule has 2 heterocycles. The second kappa shape index (κ2) is 8.19. The molecule has 1 amide bonds. The number of carbonyl (C=O) groups is 1. The van der Waals surface area contributed by atoms with Gasteiger partial charge in [-0.2, -0.15) is 4.31 Å². The summed E-state index contributed by atoms with van der Waals surface area (Å²) in [4.78, 5) is 12.3. The van der Waals surface area contributed by atoms with Crippen LogP contribution in [0.2, 0.25) is 5.02 Å². The molecule has 1 aromatic heterocycles. The predicted octanol–water partition coefficient (Wildman–Crippen LogP) is 2.19. The van der Waals surface area contributed by atoms with Gasteiger partial charge in [0.1, 0.15) is 4.90 Å². The van der Waals surface area contributed by atoms with Gasteiger partial charge in [0.2, 0.25) is 15.2 Å². The molecule has 26 heavy (non-hydrogen) atoms. The van der Waals surface area contributed by atoms with E-state index < -0.39 is 15.9 Å². The lowest BCUT2D eigenvalue weighted by Crippen LogP contribution is -2.40. The van der Waals surface area contributed by atoms with Gasteiger partial charge in [0.05, 0.1) is 18.2 Å². The third-order valence-corrected chi connectivity index (χ3v) is 7.78. The highest BCUT2D eigenvalue weighted by atomic mass is 35.5. The van der Waals surface area contributed by atoms with Crippen LogP contribution < -0.4 is 5.32 Å². The number of amides is 1. The minimum atomic E-state index is -3.81. The summed E-state index contributed by atoms with van der Waals surface area (Å²) in [5, 5.41) is 10.8. The molecule has 3 rings (SSSR count).